The third kappa shape index (κ3) is 3.01. The summed E-state index contributed by atoms with van der Waals surface area (Å²) in [6.07, 6.45) is 0. The van der Waals surface area contributed by atoms with Gasteiger partial charge < -0.3 is 0 Å². The molecule has 0 aliphatic heterocycles. The summed E-state index contributed by atoms with van der Waals surface area (Å²) in [6, 6.07) is 1.66. The van der Waals surface area contributed by atoms with Gasteiger partial charge in [-0.3, -0.25) is 14.8 Å². The van der Waals surface area contributed by atoms with Gasteiger partial charge in [-0.2, -0.15) is 16.8 Å². The summed E-state index contributed by atoms with van der Waals surface area (Å²) in [4.78, 5) is -1.32. The Bertz CT molecular complexity index is 647. The topological polar surface area (TPSA) is 133 Å². The number of hydrogen-bond acceptors (Lipinski definition) is 4. The quantitative estimate of drug-likeness (QED) is 0.763. The maximum absolute atomic E-state index is 11.0. The van der Waals surface area contributed by atoms with Crippen molar-refractivity contribution in [2.24, 2.45) is 0 Å². The van der Waals surface area contributed by atoms with E-state index < -0.39 is 36.6 Å². The van der Waals surface area contributed by atoms with Crippen LogP contribution in [0.5, 0.6) is 0 Å². The second-order valence-electron chi connectivity index (χ2n) is 3.34. The smallest absolute Gasteiger partial charge is 0.282 e. The normalized spacial score (nSPS) is 12.7. The van der Waals surface area contributed by atoms with Crippen molar-refractivity contribution in [3.8, 4) is 0 Å². The Morgan fingerprint density at radius 3 is 2.00 bits per heavy atom. The summed E-state index contributed by atoms with van der Waals surface area (Å²) in [5, 5.41) is 0. The van der Waals surface area contributed by atoms with Crippen LogP contribution in [0.4, 0.5) is 0 Å². The predicted molar refractivity (Wildman–Crippen MR) is 57.6 cm³/mol. The Morgan fingerprint density at radius 1 is 1.12 bits per heavy atom. The fraction of sp³-hybridized carbons (Fsp3) is 0.250. The molecule has 1 rings (SSSR count). The van der Waals surface area contributed by atoms with Crippen LogP contribution in [0.15, 0.2) is 21.9 Å². The van der Waals surface area contributed by atoms with Crippen molar-refractivity contribution >= 4 is 20.2 Å². The molecule has 0 saturated heterocycles. The summed E-state index contributed by atoms with van der Waals surface area (Å²) in [7, 11) is -9.22. The number of benzene rings is 1. The van der Waals surface area contributed by atoms with E-state index in [0.717, 1.165) is 6.07 Å². The Hall–Kier alpha value is -1.00. The molecule has 0 spiro atoms. The number of nitrogens with one attached hydrogen (secondary N) is 1. The van der Waals surface area contributed by atoms with Gasteiger partial charge in [-0.15, -0.1) is 0 Å². The Balaban J connectivity index is 3.75. The highest BCUT2D eigenvalue weighted by molar-refractivity contribution is 7.86. The van der Waals surface area contributed by atoms with E-state index in [-0.39, 0.29) is 11.1 Å². The molecule has 7 nitrogen and oxygen atoms in total. The standard InChI is InChI=1S/C8H10NO6S2/c1-5-2-6(16(10,11)12)3-8(7(5)4-9)17(13,14)15/h2-3,9H,4H2,1H3,(H,10,11,12)(H,13,14,15). The Morgan fingerprint density at radius 2 is 1.65 bits per heavy atom. The largest absolute Gasteiger partial charge is 0.294 e. The van der Waals surface area contributed by atoms with E-state index in [0.29, 0.717) is 6.07 Å². The van der Waals surface area contributed by atoms with Crippen molar-refractivity contribution in [3.05, 3.63) is 23.3 Å². The first-order valence-corrected chi connectivity index (χ1v) is 7.18. The van der Waals surface area contributed by atoms with Crippen molar-refractivity contribution < 1.29 is 25.9 Å². The van der Waals surface area contributed by atoms with Crippen LogP contribution in [0, 0.1) is 6.92 Å². The maximum Gasteiger partial charge on any atom is 0.294 e. The first-order chi connectivity index (χ1) is 7.57. The molecular formula is C8H10NO6S2. The van der Waals surface area contributed by atoms with E-state index in [9.17, 15) is 16.8 Å². The van der Waals surface area contributed by atoms with E-state index in [1.807, 2.05) is 0 Å². The van der Waals surface area contributed by atoms with Gasteiger partial charge in [0.2, 0.25) is 0 Å². The van der Waals surface area contributed by atoms with E-state index in [2.05, 4.69) is 0 Å². The summed E-state index contributed by atoms with van der Waals surface area (Å²) in [5.74, 6) is 0. The summed E-state index contributed by atoms with van der Waals surface area (Å²) < 4.78 is 61.6. The zero-order valence-electron chi connectivity index (χ0n) is 8.71. The molecule has 1 aromatic rings. The minimum Gasteiger partial charge on any atom is -0.282 e. The van der Waals surface area contributed by atoms with Crippen LogP contribution in [-0.2, 0) is 26.8 Å². The lowest BCUT2D eigenvalue weighted by Gasteiger charge is -2.10. The van der Waals surface area contributed by atoms with Crippen LogP contribution in [0.3, 0.4) is 0 Å². The van der Waals surface area contributed by atoms with Crippen LogP contribution in [0.2, 0.25) is 0 Å². The molecule has 1 aromatic carbocycles. The summed E-state index contributed by atoms with van der Waals surface area (Å²) >= 11 is 0. The van der Waals surface area contributed by atoms with Gasteiger partial charge in [0.05, 0.1) is 4.90 Å². The molecule has 0 aliphatic rings. The van der Waals surface area contributed by atoms with Crippen molar-refractivity contribution in [1.82, 2.24) is 5.73 Å². The fourth-order valence-electron chi connectivity index (χ4n) is 1.36. The first-order valence-electron chi connectivity index (χ1n) is 4.30. The molecular weight excluding hydrogens is 270 g/mol. The molecule has 0 heterocycles. The molecule has 0 amide bonds. The van der Waals surface area contributed by atoms with Gasteiger partial charge in [-0.25, -0.2) is 0 Å². The lowest BCUT2D eigenvalue weighted by atomic mass is 10.1. The van der Waals surface area contributed by atoms with Crippen molar-refractivity contribution in [3.63, 3.8) is 0 Å². The molecule has 95 valence electrons. The van der Waals surface area contributed by atoms with Crippen LogP contribution in [0.25, 0.3) is 0 Å². The van der Waals surface area contributed by atoms with E-state index in [4.69, 9.17) is 14.8 Å². The number of aryl methyl sites for hydroxylation is 1. The molecule has 0 bridgehead atoms. The van der Waals surface area contributed by atoms with Crippen LogP contribution in [-0.4, -0.2) is 25.9 Å². The monoisotopic (exact) mass is 280 g/mol. The lowest BCUT2D eigenvalue weighted by molar-refractivity contribution is 0.480. The molecule has 0 aliphatic carbocycles. The van der Waals surface area contributed by atoms with E-state index >= 15 is 0 Å². The fourth-order valence-corrected chi connectivity index (χ4v) is 2.85. The number of rotatable bonds is 3. The Labute approximate surface area is 98.8 Å². The van der Waals surface area contributed by atoms with Gasteiger partial charge in [-0.05, 0) is 30.2 Å². The van der Waals surface area contributed by atoms with Gasteiger partial charge in [0.15, 0.2) is 0 Å². The lowest BCUT2D eigenvalue weighted by Crippen LogP contribution is -2.09. The van der Waals surface area contributed by atoms with Gasteiger partial charge in [0.1, 0.15) is 4.90 Å². The van der Waals surface area contributed by atoms with E-state index in [1.54, 1.807) is 0 Å². The van der Waals surface area contributed by atoms with Gasteiger partial charge >= 0.3 is 0 Å². The molecule has 0 atom stereocenters. The zero-order chi connectivity index (χ0) is 13.4. The predicted octanol–water partition coefficient (Wildman–Crippen LogP) is 0.271. The summed E-state index contributed by atoms with van der Waals surface area (Å²) in [6.45, 7) is 0.944. The third-order valence-corrected chi connectivity index (χ3v) is 3.91. The molecule has 3 N–H and O–H groups in total. The zero-order valence-corrected chi connectivity index (χ0v) is 10.3. The average molecular weight is 280 g/mol. The van der Waals surface area contributed by atoms with Crippen molar-refractivity contribution in [2.75, 3.05) is 0 Å². The molecule has 0 fully saturated rings. The van der Waals surface area contributed by atoms with Crippen molar-refractivity contribution in [1.29, 1.82) is 0 Å². The highest BCUT2D eigenvalue weighted by Gasteiger charge is 2.21. The maximum atomic E-state index is 11.0. The first kappa shape index (κ1) is 14.1. The molecule has 1 radical (unpaired) electrons. The van der Waals surface area contributed by atoms with Crippen LogP contribution in [0.1, 0.15) is 11.1 Å². The molecule has 9 heteroatoms. The third-order valence-electron chi connectivity index (χ3n) is 2.16. The van der Waals surface area contributed by atoms with E-state index in [1.165, 1.54) is 6.92 Å². The van der Waals surface area contributed by atoms with Crippen LogP contribution >= 0.6 is 0 Å². The second-order valence-corrected chi connectivity index (χ2v) is 6.16. The minimum absolute atomic E-state index is 0.0140. The van der Waals surface area contributed by atoms with Crippen LogP contribution < -0.4 is 5.73 Å². The molecule has 0 unspecified atom stereocenters. The Kier molecular flexibility index (Phi) is 3.60. The second kappa shape index (κ2) is 4.35. The SMILES string of the molecule is Cc1cc(S(=O)(=O)O)cc(S(=O)(=O)O)c1C[NH]. The average Bonchev–Trinajstić information content (AvgIpc) is 2.13. The summed E-state index contributed by atoms with van der Waals surface area (Å²) in [5.41, 5.74) is 7.31. The van der Waals surface area contributed by atoms with Gasteiger partial charge in [-0.1, -0.05) is 0 Å². The van der Waals surface area contributed by atoms with Gasteiger partial charge in [0, 0.05) is 6.54 Å². The minimum atomic E-state index is -4.65. The highest BCUT2D eigenvalue weighted by atomic mass is 32.2. The van der Waals surface area contributed by atoms with Crippen molar-refractivity contribution in [2.45, 2.75) is 23.3 Å². The van der Waals surface area contributed by atoms with Gasteiger partial charge in [0.25, 0.3) is 20.2 Å². The molecule has 0 aromatic heterocycles. The molecule has 0 saturated carbocycles. The molecule has 17 heavy (non-hydrogen) atoms. The number of hydrogen-bond donors (Lipinski definition) is 2. The highest BCUT2D eigenvalue weighted by Crippen LogP contribution is 2.24.